The first-order valence-electron chi connectivity index (χ1n) is 24.6. The maximum Gasteiger partial charge on any atom is 0.0540 e. The molecule has 0 aliphatic heterocycles. The summed E-state index contributed by atoms with van der Waals surface area (Å²) in [5, 5.41) is 7.79. The lowest BCUT2D eigenvalue weighted by atomic mass is 9.80. The second-order valence-corrected chi connectivity index (χ2v) is 19.0. The van der Waals surface area contributed by atoms with Gasteiger partial charge in [0, 0.05) is 51.0 Å². The van der Waals surface area contributed by atoms with Gasteiger partial charge < -0.3 is 9.47 Å². The average Bonchev–Trinajstić information content (AvgIpc) is 3.77. The molecule has 1 heterocycles. The fourth-order valence-corrected chi connectivity index (χ4v) is 10.6. The van der Waals surface area contributed by atoms with E-state index in [1.165, 1.54) is 110 Å². The zero-order valence-electron chi connectivity index (χ0n) is 42.0. The topological polar surface area (TPSA) is 8.17 Å². The molecular weight excluding hydrogens is 833 g/mol. The maximum atomic E-state index is 2.46. The van der Waals surface area contributed by atoms with E-state index in [2.05, 4.69) is 271 Å². The Bertz CT molecular complexity index is 3550. The van der Waals surface area contributed by atoms with Gasteiger partial charge in [-0.3, -0.25) is 0 Å². The molecule has 11 aromatic rings. The van der Waals surface area contributed by atoms with Crippen LogP contribution in [0.1, 0.15) is 66.6 Å². The summed E-state index contributed by atoms with van der Waals surface area (Å²) in [6, 6.07) is 75.1. The molecule has 0 radical (unpaired) electrons. The number of para-hydroxylation sites is 2. The van der Waals surface area contributed by atoms with Crippen molar-refractivity contribution in [1.29, 1.82) is 0 Å². The van der Waals surface area contributed by atoms with Crippen LogP contribution in [0.25, 0.3) is 65.6 Å². The lowest BCUT2D eigenvalue weighted by Crippen LogP contribution is -2.15. The Hall–Kier alpha value is -7.68. The van der Waals surface area contributed by atoms with Crippen molar-refractivity contribution < 1.29 is 0 Å². The van der Waals surface area contributed by atoms with E-state index in [1.807, 2.05) is 13.8 Å². The van der Waals surface area contributed by atoms with Crippen LogP contribution in [0.4, 0.5) is 17.1 Å². The smallest absolute Gasteiger partial charge is 0.0540 e. The normalized spacial score (nSPS) is 12.0. The molecule has 1 aliphatic rings. The van der Waals surface area contributed by atoms with E-state index in [0.717, 1.165) is 11.4 Å². The van der Waals surface area contributed by atoms with Crippen molar-refractivity contribution in [1.82, 2.24) is 4.57 Å². The molecule has 0 amide bonds. The molecule has 2 heteroatoms. The number of hydrogen-bond acceptors (Lipinski definition) is 1. The number of rotatable bonds is 4. The van der Waals surface area contributed by atoms with Crippen LogP contribution in [0.2, 0.25) is 0 Å². The van der Waals surface area contributed by atoms with E-state index in [0.29, 0.717) is 0 Å². The van der Waals surface area contributed by atoms with Crippen molar-refractivity contribution in [3.63, 3.8) is 0 Å². The van der Waals surface area contributed by atoms with E-state index in [4.69, 9.17) is 0 Å². The van der Waals surface area contributed by atoms with Crippen LogP contribution in [0, 0.1) is 34.6 Å². The molecule has 0 saturated carbocycles. The van der Waals surface area contributed by atoms with Gasteiger partial charge in [0.05, 0.1) is 5.69 Å². The zero-order valence-corrected chi connectivity index (χ0v) is 42.0. The molecule has 1 aliphatic carbocycles. The highest BCUT2D eigenvalue weighted by molar-refractivity contribution is 6.10. The number of anilines is 3. The minimum atomic E-state index is -0.0616. The Kier molecular flexibility index (Phi) is 13.1. The predicted molar refractivity (Wildman–Crippen MR) is 301 cm³/mol. The molecule has 69 heavy (non-hydrogen) atoms. The van der Waals surface area contributed by atoms with Gasteiger partial charge in [-0.25, -0.2) is 0 Å². The Morgan fingerprint density at radius 3 is 1.61 bits per heavy atom. The standard InChI is InChI=1S/C42H33N.C14H13N.C9H12.C2H6/c1-28-20-25-36-38(26-28)42(2,3)39-27-37(34-17-9-10-18-35(34)41(36)39)30-21-23-32(24-22-30)43(31-14-5-4-6-15-31)40-19-11-13-29-12-7-8-16-33(29)40;1-10-7-8-12-11-5-3-4-6-13(11)15(2)14(12)9-10;1-7-4-8(2)6-9(3)5-7;1-2/h4-27H,1-3H3;3-9H,1-2H3;4-6H,1-3H3;1-2H3. The number of hydrogen-bond donors (Lipinski definition) is 0. The SMILES string of the molecule is CC.Cc1cc(C)cc(C)c1.Cc1ccc2c(c1)C(C)(C)c1cc(-c3ccc(N(c4ccccc4)c4cccc5ccccc45)cc3)c3ccccc3c1-2.Cc1ccc2c3ccccc3n(C)c2c1. The summed E-state index contributed by atoms with van der Waals surface area (Å²) in [5.41, 5.74) is 20.8. The van der Waals surface area contributed by atoms with Gasteiger partial charge in [-0.15, -0.1) is 0 Å². The number of benzene rings is 10. The van der Waals surface area contributed by atoms with Crippen molar-refractivity contribution >= 4 is 60.4 Å². The van der Waals surface area contributed by atoms with Crippen LogP contribution >= 0.6 is 0 Å². The van der Waals surface area contributed by atoms with Crippen molar-refractivity contribution in [3.8, 4) is 22.3 Å². The highest BCUT2D eigenvalue weighted by atomic mass is 15.1. The molecule has 0 unspecified atom stereocenters. The molecule has 2 nitrogen and oxygen atoms in total. The average molecular weight is 897 g/mol. The van der Waals surface area contributed by atoms with E-state index in [1.54, 1.807) is 0 Å². The van der Waals surface area contributed by atoms with Gasteiger partial charge >= 0.3 is 0 Å². The highest BCUT2D eigenvalue weighted by Gasteiger charge is 2.37. The van der Waals surface area contributed by atoms with Gasteiger partial charge in [0.2, 0.25) is 0 Å². The summed E-state index contributed by atoms with van der Waals surface area (Å²) in [4.78, 5) is 2.37. The summed E-state index contributed by atoms with van der Waals surface area (Å²) < 4.78 is 2.26. The van der Waals surface area contributed by atoms with Crippen molar-refractivity contribution in [2.24, 2.45) is 7.05 Å². The lowest BCUT2D eigenvalue weighted by Gasteiger charge is -2.27. The Morgan fingerprint density at radius 2 is 0.913 bits per heavy atom. The van der Waals surface area contributed by atoms with Crippen LogP contribution in [0.15, 0.2) is 206 Å². The van der Waals surface area contributed by atoms with Gasteiger partial charge in [0.25, 0.3) is 0 Å². The van der Waals surface area contributed by atoms with Crippen LogP contribution in [-0.4, -0.2) is 4.57 Å². The Balaban J connectivity index is 0.000000185. The molecule has 10 aromatic carbocycles. The number of fused-ring (bicyclic) bond motifs is 9. The third kappa shape index (κ3) is 8.96. The highest BCUT2D eigenvalue weighted by Crippen LogP contribution is 2.53. The van der Waals surface area contributed by atoms with Crippen LogP contribution in [0.3, 0.4) is 0 Å². The number of nitrogens with zero attached hydrogens (tertiary/aromatic N) is 2. The van der Waals surface area contributed by atoms with Crippen molar-refractivity contribution in [3.05, 3.63) is 245 Å². The molecule has 0 spiro atoms. The molecular formula is C67H64N2. The van der Waals surface area contributed by atoms with Crippen LogP contribution < -0.4 is 4.90 Å². The Morgan fingerprint density at radius 1 is 0.377 bits per heavy atom. The van der Waals surface area contributed by atoms with E-state index >= 15 is 0 Å². The summed E-state index contributed by atoms with van der Waals surface area (Å²) >= 11 is 0. The minimum absolute atomic E-state index is 0.0616. The lowest BCUT2D eigenvalue weighted by molar-refractivity contribution is 0.660. The van der Waals surface area contributed by atoms with Crippen molar-refractivity contribution in [2.75, 3.05) is 4.90 Å². The molecule has 0 saturated heterocycles. The van der Waals surface area contributed by atoms with Crippen LogP contribution in [-0.2, 0) is 12.5 Å². The molecule has 342 valence electrons. The number of aryl methyl sites for hydroxylation is 6. The van der Waals surface area contributed by atoms with E-state index in [-0.39, 0.29) is 5.41 Å². The predicted octanol–water partition coefficient (Wildman–Crippen LogP) is 19.0. The van der Waals surface area contributed by atoms with Gasteiger partial charge in [0.15, 0.2) is 0 Å². The monoisotopic (exact) mass is 897 g/mol. The maximum absolute atomic E-state index is 2.46. The summed E-state index contributed by atoms with van der Waals surface area (Å²) in [5.74, 6) is 0. The fourth-order valence-electron chi connectivity index (χ4n) is 10.6. The number of aromatic nitrogens is 1. The van der Waals surface area contributed by atoms with Crippen LogP contribution in [0.5, 0.6) is 0 Å². The van der Waals surface area contributed by atoms with Crippen molar-refractivity contribution in [2.45, 2.75) is 67.7 Å². The Labute approximate surface area is 410 Å². The second kappa shape index (κ2) is 19.5. The largest absolute Gasteiger partial charge is 0.344 e. The fraction of sp³-hybridized carbons (Fsp3) is 0.164. The molecule has 0 fully saturated rings. The van der Waals surface area contributed by atoms with Gasteiger partial charge in [-0.1, -0.05) is 208 Å². The first-order chi connectivity index (χ1) is 33.5. The van der Waals surface area contributed by atoms with E-state index in [9.17, 15) is 0 Å². The second-order valence-electron chi connectivity index (χ2n) is 19.0. The minimum Gasteiger partial charge on any atom is -0.344 e. The zero-order chi connectivity index (χ0) is 48.4. The van der Waals surface area contributed by atoms with Gasteiger partial charge in [-0.2, -0.15) is 0 Å². The molecule has 12 rings (SSSR count). The molecule has 0 N–H and O–H groups in total. The third-order valence-electron chi connectivity index (χ3n) is 13.7. The molecule has 0 atom stereocenters. The van der Waals surface area contributed by atoms with Gasteiger partial charge in [-0.05, 0) is 138 Å². The summed E-state index contributed by atoms with van der Waals surface area (Å²) in [6.45, 7) is 19.5. The van der Waals surface area contributed by atoms with Gasteiger partial charge in [0.1, 0.15) is 0 Å². The quantitative estimate of drug-likeness (QED) is 0.171. The first-order valence-corrected chi connectivity index (χ1v) is 24.6. The first kappa shape index (κ1) is 46.4. The molecule has 1 aromatic heterocycles. The van der Waals surface area contributed by atoms with E-state index < -0.39 is 0 Å². The summed E-state index contributed by atoms with van der Waals surface area (Å²) in [7, 11) is 2.13. The summed E-state index contributed by atoms with van der Waals surface area (Å²) in [6.07, 6.45) is 0. The molecule has 0 bridgehead atoms. The third-order valence-corrected chi connectivity index (χ3v) is 13.7.